The van der Waals surface area contributed by atoms with Gasteiger partial charge in [-0.05, 0) is 48.4 Å². The number of fused-ring (bicyclic) bond motifs is 1. The van der Waals surface area contributed by atoms with Gasteiger partial charge in [-0.1, -0.05) is 18.7 Å². The monoisotopic (exact) mass is 696 g/mol. The summed E-state index contributed by atoms with van der Waals surface area (Å²) in [7, 11) is 0. The van der Waals surface area contributed by atoms with Crippen LogP contribution < -0.4 is 4.74 Å². The quantitative estimate of drug-likeness (QED) is 0.0272. The summed E-state index contributed by atoms with van der Waals surface area (Å²) in [5.74, 6) is -3.57. The van der Waals surface area contributed by atoms with Crippen LogP contribution in [-0.4, -0.2) is 111 Å². The first-order valence-corrected chi connectivity index (χ1v) is 15.5. The molecular formula is C34H36N2O14. The third-order valence-corrected chi connectivity index (χ3v) is 7.12. The number of aliphatic hydroxyl groups is 1. The summed E-state index contributed by atoms with van der Waals surface area (Å²) in [5, 5.41) is 17.4. The largest absolute Gasteiger partial charge is 0.462 e. The molecule has 2 heterocycles. The topological polar surface area (TPSA) is 204 Å². The average molecular weight is 697 g/mol. The van der Waals surface area contributed by atoms with E-state index in [9.17, 15) is 29.1 Å². The van der Waals surface area contributed by atoms with Crippen molar-refractivity contribution in [2.45, 2.75) is 44.2 Å². The van der Waals surface area contributed by atoms with Gasteiger partial charge in [0.1, 0.15) is 43.9 Å². The lowest BCUT2D eigenvalue weighted by Gasteiger charge is -2.17. The Morgan fingerprint density at radius 1 is 0.880 bits per heavy atom. The first kappa shape index (κ1) is 37.7. The summed E-state index contributed by atoms with van der Waals surface area (Å²) in [6.07, 6.45) is 1.27. The van der Waals surface area contributed by atoms with Crippen LogP contribution in [0.15, 0.2) is 65.3 Å². The lowest BCUT2D eigenvalue weighted by molar-refractivity contribution is -0.330. The van der Waals surface area contributed by atoms with Crippen LogP contribution in [-0.2, 0) is 47.8 Å². The molecule has 266 valence electrons. The minimum atomic E-state index is -0.844. The molecule has 0 amide bonds. The van der Waals surface area contributed by atoms with E-state index in [0.29, 0.717) is 23.3 Å². The number of benzene rings is 2. The second kappa shape index (κ2) is 19.2. The highest BCUT2D eigenvalue weighted by atomic mass is 17.2. The van der Waals surface area contributed by atoms with Crippen LogP contribution in [0.25, 0.3) is 0 Å². The van der Waals surface area contributed by atoms with Crippen molar-refractivity contribution in [3.63, 3.8) is 0 Å². The minimum absolute atomic E-state index is 0.0827. The first-order valence-electron chi connectivity index (χ1n) is 15.5. The molecule has 1 N–H and O–H groups in total. The van der Waals surface area contributed by atoms with Crippen molar-refractivity contribution < 1.29 is 67.3 Å². The van der Waals surface area contributed by atoms with Crippen LogP contribution in [0.3, 0.4) is 0 Å². The summed E-state index contributed by atoms with van der Waals surface area (Å²) in [4.78, 5) is 70.5. The van der Waals surface area contributed by atoms with Crippen molar-refractivity contribution in [3.8, 4) is 5.75 Å². The molecule has 4 atom stereocenters. The lowest BCUT2D eigenvalue weighted by Crippen LogP contribution is -2.35. The van der Waals surface area contributed by atoms with Gasteiger partial charge >= 0.3 is 23.9 Å². The highest BCUT2D eigenvalue weighted by molar-refractivity contribution is 6.01. The Hall–Kier alpha value is -5.13. The molecule has 0 bridgehead atoms. The van der Waals surface area contributed by atoms with Crippen molar-refractivity contribution in [2.75, 3.05) is 39.6 Å². The van der Waals surface area contributed by atoms with Gasteiger partial charge in [0.15, 0.2) is 11.9 Å². The first-order chi connectivity index (χ1) is 24.2. The molecule has 2 aromatic rings. The molecule has 2 aromatic carbocycles. The zero-order chi connectivity index (χ0) is 35.9. The van der Waals surface area contributed by atoms with Gasteiger partial charge in [0.25, 0.3) is 0 Å². The number of aliphatic hydroxyl groups excluding tert-OH is 1. The van der Waals surface area contributed by atoms with Crippen molar-refractivity contribution in [3.05, 3.63) is 77.4 Å². The van der Waals surface area contributed by atoms with E-state index in [1.165, 1.54) is 30.6 Å². The van der Waals surface area contributed by atoms with Gasteiger partial charge in [-0.3, -0.25) is 14.4 Å². The zero-order valence-corrected chi connectivity index (χ0v) is 27.1. The number of ether oxygens (including phenoxy) is 6. The molecule has 0 aromatic heterocycles. The van der Waals surface area contributed by atoms with E-state index in [1.807, 2.05) is 0 Å². The Morgan fingerprint density at radius 3 is 2.22 bits per heavy atom. The van der Waals surface area contributed by atoms with Crippen molar-refractivity contribution in [1.29, 1.82) is 0 Å². The zero-order valence-electron chi connectivity index (χ0n) is 27.1. The maximum atomic E-state index is 12.7. The summed E-state index contributed by atoms with van der Waals surface area (Å²) < 4.78 is 31.8. The Kier molecular flexibility index (Phi) is 14.4. The fourth-order valence-corrected chi connectivity index (χ4v) is 4.71. The molecule has 0 aliphatic carbocycles. The van der Waals surface area contributed by atoms with Gasteiger partial charge < -0.3 is 33.5 Å². The predicted molar refractivity (Wildman–Crippen MR) is 172 cm³/mol. The van der Waals surface area contributed by atoms with Crippen LogP contribution in [0, 0.1) is 0 Å². The van der Waals surface area contributed by atoms with E-state index in [1.54, 1.807) is 31.2 Å². The number of carbonyl (C=O) groups excluding carboxylic acids is 5. The van der Waals surface area contributed by atoms with Crippen LogP contribution in [0.2, 0.25) is 0 Å². The Balaban J connectivity index is 1.25. The van der Waals surface area contributed by atoms with E-state index in [2.05, 4.69) is 21.5 Å². The molecule has 0 spiro atoms. The van der Waals surface area contributed by atoms with E-state index < -0.39 is 54.6 Å². The van der Waals surface area contributed by atoms with Crippen molar-refractivity contribution in [2.24, 2.45) is 10.2 Å². The molecule has 4 rings (SSSR count). The van der Waals surface area contributed by atoms with Crippen LogP contribution in [0.4, 0.5) is 0 Å². The number of Topliss-reactive ketones (excluding diaryl/α,β-unsaturated/α-hetero) is 1. The van der Waals surface area contributed by atoms with Gasteiger partial charge in [-0.25, -0.2) is 19.4 Å². The normalized spacial score (nSPS) is 19.6. The molecule has 2 aliphatic rings. The van der Waals surface area contributed by atoms with E-state index >= 15 is 0 Å². The molecular weight excluding hydrogens is 660 g/mol. The van der Waals surface area contributed by atoms with Gasteiger partial charge in [0.05, 0.1) is 56.2 Å². The molecule has 3 unspecified atom stereocenters. The summed E-state index contributed by atoms with van der Waals surface area (Å²) in [6, 6.07) is 10.7. The maximum Gasteiger partial charge on any atom is 0.338 e. The highest BCUT2D eigenvalue weighted by Crippen LogP contribution is 2.31. The van der Waals surface area contributed by atoms with E-state index in [-0.39, 0.29) is 56.7 Å². The molecule has 0 saturated carbocycles. The second-order valence-electron chi connectivity index (χ2n) is 10.6. The number of hydrogen-bond acceptors (Lipinski definition) is 16. The standard InChI is InChI=1S/C34H36N2O14/c1-3-29(39)43-13-14-44-30(40)11-12-31(41)48-26-10-7-22(15-24(26)25(38)18-37)17-36-35-16-21-5-8-23(9-6-21)34(42)49-27-19-45-33-28(50-47-4-2)20-46-32(27)33/h3,5-10,15-17,27-28,32-33,37H,1,4,11-14,18-20H2,2H3/t27?,28-,32?,33?/m1/s1. The van der Waals surface area contributed by atoms with Crippen LogP contribution >= 0.6 is 0 Å². The Morgan fingerprint density at radius 2 is 1.52 bits per heavy atom. The van der Waals surface area contributed by atoms with Gasteiger partial charge in [0, 0.05) is 6.08 Å². The fraction of sp³-hybridized carbons (Fsp3) is 0.382. The second-order valence-corrected chi connectivity index (χ2v) is 10.6. The van der Waals surface area contributed by atoms with E-state index in [0.717, 1.165) is 6.08 Å². The number of nitrogens with zero attached hydrogens (tertiary/aromatic N) is 2. The van der Waals surface area contributed by atoms with Crippen molar-refractivity contribution >= 4 is 42.1 Å². The van der Waals surface area contributed by atoms with E-state index in [4.69, 9.17) is 33.5 Å². The third-order valence-electron chi connectivity index (χ3n) is 7.12. The van der Waals surface area contributed by atoms with Gasteiger partial charge in [-0.2, -0.15) is 10.2 Å². The molecule has 0 radical (unpaired) electrons. The fourth-order valence-electron chi connectivity index (χ4n) is 4.71. The number of hydrogen-bond donors (Lipinski definition) is 1. The van der Waals surface area contributed by atoms with Crippen molar-refractivity contribution in [1.82, 2.24) is 0 Å². The molecule has 16 heteroatoms. The predicted octanol–water partition coefficient (Wildman–Crippen LogP) is 1.93. The highest BCUT2D eigenvalue weighted by Gasteiger charge is 2.50. The minimum Gasteiger partial charge on any atom is -0.462 e. The lowest BCUT2D eigenvalue weighted by atomic mass is 10.1. The molecule has 2 aliphatic heterocycles. The third kappa shape index (κ3) is 10.9. The number of carbonyl (C=O) groups is 5. The van der Waals surface area contributed by atoms with Gasteiger partial charge in [-0.15, -0.1) is 0 Å². The summed E-state index contributed by atoms with van der Waals surface area (Å²) in [6.45, 7) is 4.67. The summed E-state index contributed by atoms with van der Waals surface area (Å²) in [5.41, 5.74) is 1.29. The number of rotatable bonds is 18. The smallest absolute Gasteiger partial charge is 0.338 e. The maximum absolute atomic E-state index is 12.7. The Labute approximate surface area is 286 Å². The van der Waals surface area contributed by atoms with Gasteiger partial charge in [0.2, 0.25) is 0 Å². The molecule has 16 nitrogen and oxygen atoms in total. The Bertz CT molecular complexity index is 1590. The molecule has 50 heavy (non-hydrogen) atoms. The summed E-state index contributed by atoms with van der Waals surface area (Å²) >= 11 is 0. The van der Waals surface area contributed by atoms with Crippen LogP contribution in [0.5, 0.6) is 5.75 Å². The molecule has 2 saturated heterocycles. The number of esters is 4. The SMILES string of the molecule is C=CC(=O)OCCOC(=O)CCC(=O)Oc1ccc(C=NN=Cc2ccc(C(=O)OC3COC4C3OC[C@H]4OOCC)cc2)cc1C(=O)CO. The number of ketones is 1. The van der Waals surface area contributed by atoms with Crippen LogP contribution in [0.1, 0.15) is 51.6 Å². The molecule has 2 fully saturated rings. The average Bonchev–Trinajstić information content (AvgIpc) is 3.73.